The van der Waals surface area contributed by atoms with Crippen LogP contribution in [0.25, 0.3) is 10.9 Å². The molecule has 0 aliphatic carbocycles. The summed E-state index contributed by atoms with van der Waals surface area (Å²) in [5.41, 5.74) is -0.909. The maximum atomic E-state index is 13.2. The molecule has 1 aromatic heterocycles. The maximum Gasteiger partial charge on any atom is 0.416 e. The van der Waals surface area contributed by atoms with Gasteiger partial charge in [0.05, 0.1) is 24.2 Å². The number of nitrogens with zero attached hydrogens (tertiary/aromatic N) is 1. The lowest BCUT2D eigenvalue weighted by Crippen LogP contribution is -2.06. The summed E-state index contributed by atoms with van der Waals surface area (Å²) in [5.74, 6) is -0.735. The lowest BCUT2D eigenvalue weighted by atomic mass is 10.1. The van der Waals surface area contributed by atoms with Gasteiger partial charge >= 0.3 is 12.1 Å². The minimum atomic E-state index is -4.60. The summed E-state index contributed by atoms with van der Waals surface area (Å²) in [7, 11) is 1.24. The number of carbonyl (C=O) groups is 1. The minimum Gasteiger partial charge on any atom is -0.497 e. The Balaban J connectivity index is 2.12. The maximum absolute atomic E-state index is 13.2. The zero-order valence-corrected chi connectivity index (χ0v) is 15.8. The summed E-state index contributed by atoms with van der Waals surface area (Å²) in [6, 6.07) is 6.95. The number of rotatable bonds is 6. The quantitative estimate of drug-likeness (QED) is 0.327. The second-order valence-electron chi connectivity index (χ2n) is 6.15. The minimum absolute atomic E-state index is 0.0215. The van der Waals surface area contributed by atoms with E-state index in [0.29, 0.717) is 0 Å². The topological polar surface area (TPSA) is 106 Å². The fourth-order valence-electron chi connectivity index (χ4n) is 2.89. The van der Waals surface area contributed by atoms with Gasteiger partial charge in [-0.05, 0) is 31.2 Å². The van der Waals surface area contributed by atoms with E-state index in [4.69, 9.17) is 9.47 Å². The summed E-state index contributed by atoms with van der Waals surface area (Å²) in [6.45, 7) is 1.71. The third-order valence-corrected chi connectivity index (χ3v) is 4.21. The Bertz CT molecular complexity index is 1120. The largest absolute Gasteiger partial charge is 0.497 e. The molecule has 0 amide bonds. The molecule has 158 valence electrons. The van der Waals surface area contributed by atoms with Crippen molar-refractivity contribution in [1.82, 2.24) is 4.98 Å². The number of fused-ring (bicyclic) bond motifs is 1. The van der Waals surface area contributed by atoms with Gasteiger partial charge in [0.2, 0.25) is 0 Å². The summed E-state index contributed by atoms with van der Waals surface area (Å²) >= 11 is 0. The SMILES string of the molecule is CCOC(=O)c1cc2c(Nc3cc(OC)cc(C(F)(F)F)c3)ccc([N+](=O)[O-])c2[nH]1. The number of carbonyl (C=O) groups excluding carboxylic acids is 1. The number of ether oxygens (including phenoxy) is 2. The number of aromatic amines is 1. The molecule has 30 heavy (non-hydrogen) atoms. The number of benzene rings is 2. The highest BCUT2D eigenvalue weighted by Gasteiger charge is 2.31. The molecular weight excluding hydrogens is 407 g/mol. The number of nitro benzene ring substituents is 1. The fraction of sp³-hybridized carbons (Fsp3) is 0.211. The Morgan fingerprint density at radius 2 is 1.97 bits per heavy atom. The lowest BCUT2D eigenvalue weighted by molar-refractivity contribution is -0.383. The van der Waals surface area contributed by atoms with E-state index in [1.807, 2.05) is 0 Å². The molecule has 0 saturated carbocycles. The van der Waals surface area contributed by atoms with Gasteiger partial charge < -0.3 is 19.8 Å². The number of H-pyrrole nitrogens is 1. The number of halogens is 3. The van der Waals surface area contributed by atoms with Crippen molar-refractivity contribution < 1.29 is 32.4 Å². The van der Waals surface area contributed by atoms with Gasteiger partial charge in [-0.2, -0.15) is 13.2 Å². The average molecular weight is 423 g/mol. The first-order valence-electron chi connectivity index (χ1n) is 8.64. The van der Waals surface area contributed by atoms with Crippen molar-refractivity contribution >= 4 is 33.9 Å². The van der Waals surface area contributed by atoms with E-state index in [1.165, 1.54) is 31.4 Å². The standard InChI is InChI=1S/C19H16F3N3O5/c1-3-30-18(26)15-9-13-14(4-5-16(25(27)28)17(13)24-15)23-11-6-10(19(20,21)22)7-12(8-11)29-2/h4-9,23-24H,3H2,1-2H3. The van der Waals surface area contributed by atoms with Crippen molar-refractivity contribution in [3.05, 3.63) is 57.8 Å². The van der Waals surface area contributed by atoms with E-state index in [-0.39, 0.29) is 46.0 Å². The first-order valence-corrected chi connectivity index (χ1v) is 8.64. The van der Waals surface area contributed by atoms with Crippen molar-refractivity contribution in [2.75, 3.05) is 19.0 Å². The van der Waals surface area contributed by atoms with Gasteiger partial charge in [0.25, 0.3) is 5.69 Å². The van der Waals surface area contributed by atoms with Gasteiger partial charge in [-0.3, -0.25) is 10.1 Å². The van der Waals surface area contributed by atoms with Gasteiger partial charge in [-0.1, -0.05) is 0 Å². The zero-order chi connectivity index (χ0) is 22.1. The van der Waals surface area contributed by atoms with Crippen LogP contribution < -0.4 is 10.1 Å². The van der Waals surface area contributed by atoms with Crippen LogP contribution in [-0.2, 0) is 10.9 Å². The second-order valence-corrected chi connectivity index (χ2v) is 6.15. The highest BCUT2D eigenvalue weighted by atomic mass is 19.4. The molecule has 8 nitrogen and oxygen atoms in total. The number of esters is 1. The number of alkyl halides is 3. The molecule has 0 saturated heterocycles. The molecule has 0 fully saturated rings. The normalized spacial score (nSPS) is 11.4. The zero-order valence-electron chi connectivity index (χ0n) is 15.8. The third-order valence-electron chi connectivity index (χ3n) is 4.21. The molecule has 1 heterocycles. The first kappa shape index (κ1) is 21.0. The van der Waals surface area contributed by atoms with E-state index >= 15 is 0 Å². The number of non-ortho nitro benzene ring substituents is 1. The summed E-state index contributed by atoms with van der Waals surface area (Å²) in [4.78, 5) is 25.4. The number of methoxy groups -OCH3 is 1. The third kappa shape index (κ3) is 4.14. The molecule has 0 atom stereocenters. The predicted octanol–water partition coefficient (Wildman–Crippen LogP) is 5.02. The Morgan fingerprint density at radius 1 is 1.23 bits per heavy atom. The highest BCUT2D eigenvalue weighted by Crippen LogP contribution is 2.37. The molecule has 0 aliphatic rings. The summed E-state index contributed by atoms with van der Waals surface area (Å²) < 4.78 is 49.3. The molecule has 0 spiro atoms. The molecule has 0 aliphatic heterocycles. The molecule has 11 heteroatoms. The van der Waals surface area contributed by atoms with Gasteiger partial charge in [0.1, 0.15) is 17.0 Å². The van der Waals surface area contributed by atoms with Crippen LogP contribution in [0.4, 0.5) is 30.2 Å². The Labute approximate surface area is 167 Å². The number of hydrogen-bond acceptors (Lipinski definition) is 6. The van der Waals surface area contributed by atoms with E-state index in [0.717, 1.165) is 12.1 Å². The Morgan fingerprint density at radius 3 is 2.57 bits per heavy atom. The van der Waals surface area contributed by atoms with Crippen LogP contribution in [0.3, 0.4) is 0 Å². The van der Waals surface area contributed by atoms with Crippen molar-refractivity contribution in [2.24, 2.45) is 0 Å². The number of nitro groups is 1. The van der Waals surface area contributed by atoms with E-state index < -0.39 is 22.6 Å². The van der Waals surface area contributed by atoms with Gasteiger partial charge in [0.15, 0.2) is 0 Å². The van der Waals surface area contributed by atoms with Crippen LogP contribution in [0.1, 0.15) is 23.0 Å². The van der Waals surface area contributed by atoms with E-state index in [2.05, 4.69) is 10.3 Å². The number of anilines is 2. The molecule has 2 aromatic carbocycles. The van der Waals surface area contributed by atoms with Crippen LogP contribution in [0.5, 0.6) is 5.75 Å². The molecule has 3 aromatic rings. The second kappa shape index (κ2) is 7.93. The van der Waals surface area contributed by atoms with E-state index in [1.54, 1.807) is 6.92 Å². The molecule has 0 unspecified atom stereocenters. The van der Waals surface area contributed by atoms with Crippen molar-refractivity contribution in [3.63, 3.8) is 0 Å². The Kier molecular flexibility index (Phi) is 5.54. The number of aromatic nitrogens is 1. The van der Waals surface area contributed by atoms with Crippen LogP contribution in [0.2, 0.25) is 0 Å². The fourth-order valence-corrected chi connectivity index (χ4v) is 2.89. The van der Waals surface area contributed by atoms with Gasteiger partial charge in [0, 0.05) is 28.9 Å². The van der Waals surface area contributed by atoms with Crippen LogP contribution >= 0.6 is 0 Å². The van der Waals surface area contributed by atoms with E-state index in [9.17, 15) is 28.1 Å². The summed E-state index contributed by atoms with van der Waals surface area (Å²) in [5, 5.41) is 14.4. The Hall–Kier alpha value is -3.76. The van der Waals surface area contributed by atoms with Gasteiger partial charge in [-0.15, -0.1) is 0 Å². The van der Waals surface area contributed by atoms with Crippen LogP contribution in [0, 0.1) is 10.1 Å². The smallest absolute Gasteiger partial charge is 0.416 e. The average Bonchev–Trinajstić information content (AvgIpc) is 3.13. The van der Waals surface area contributed by atoms with Crippen molar-refractivity contribution in [3.8, 4) is 5.75 Å². The molecular formula is C19H16F3N3O5. The molecule has 3 rings (SSSR count). The van der Waals surface area contributed by atoms with Crippen molar-refractivity contribution in [2.45, 2.75) is 13.1 Å². The summed E-state index contributed by atoms with van der Waals surface area (Å²) in [6.07, 6.45) is -4.60. The monoisotopic (exact) mass is 423 g/mol. The van der Waals surface area contributed by atoms with Gasteiger partial charge in [-0.25, -0.2) is 4.79 Å². The lowest BCUT2D eigenvalue weighted by Gasteiger charge is -2.13. The van der Waals surface area contributed by atoms with Crippen LogP contribution in [0.15, 0.2) is 36.4 Å². The number of hydrogen-bond donors (Lipinski definition) is 2. The molecule has 2 N–H and O–H groups in total. The predicted molar refractivity (Wildman–Crippen MR) is 102 cm³/mol. The molecule has 0 bridgehead atoms. The number of nitrogens with one attached hydrogen (secondary N) is 2. The first-order chi connectivity index (χ1) is 14.1. The molecule has 0 radical (unpaired) electrons. The van der Waals surface area contributed by atoms with Crippen molar-refractivity contribution in [1.29, 1.82) is 0 Å². The highest BCUT2D eigenvalue weighted by molar-refractivity contribution is 6.04. The van der Waals surface area contributed by atoms with Crippen LogP contribution in [-0.4, -0.2) is 29.6 Å².